The number of hydrogen-bond acceptors (Lipinski definition) is 3. The molecule has 0 spiro atoms. The van der Waals surface area contributed by atoms with Gasteiger partial charge in [0, 0.05) is 4.90 Å². The van der Waals surface area contributed by atoms with Crippen LogP contribution in [0.5, 0.6) is 0 Å². The van der Waals surface area contributed by atoms with E-state index in [0.29, 0.717) is 11.5 Å². The topological polar surface area (TPSA) is 26.3 Å². The summed E-state index contributed by atoms with van der Waals surface area (Å²) in [6.45, 7) is 8.39. The second-order valence-electron chi connectivity index (χ2n) is 4.44. The quantitative estimate of drug-likeness (QED) is 0.602. The second-order valence-corrected chi connectivity index (χ2v) is 5.28. The lowest BCUT2D eigenvalue weighted by molar-refractivity contribution is 0.0598. The van der Waals surface area contributed by atoms with Crippen molar-refractivity contribution in [1.82, 2.24) is 0 Å². The fourth-order valence-electron chi connectivity index (χ4n) is 2.14. The van der Waals surface area contributed by atoms with Crippen molar-refractivity contribution >= 4 is 17.7 Å². The average Bonchev–Trinajstić information content (AvgIpc) is 2.30. The smallest absolute Gasteiger partial charge is 0.338 e. The van der Waals surface area contributed by atoms with Gasteiger partial charge in [0.2, 0.25) is 0 Å². The first-order valence-electron chi connectivity index (χ1n) is 5.70. The third kappa shape index (κ3) is 2.65. The van der Waals surface area contributed by atoms with Crippen LogP contribution in [0, 0.1) is 13.8 Å². The Morgan fingerprint density at radius 2 is 1.88 bits per heavy atom. The van der Waals surface area contributed by atoms with Crippen LogP contribution in [0.1, 0.15) is 46.8 Å². The Hall–Kier alpha value is -0.960. The van der Waals surface area contributed by atoms with E-state index in [0.717, 1.165) is 10.5 Å². The van der Waals surface area contributed by atoms with E-state index in [1.165, 1.54) is 18.2 Å². The predicted octanol–water partition coefficient (Wildman–Crippen LogP) is 3.94. The second kappa shape index (κ2) is 5.58. The molecule has 0 N–H and O–H groups in total. The molecule has 0 bridgehead atoms. The molecule has 0 heterocycles. The number of methoxy groups -OCH3 is 1. The van der Waals surface area contributed by atoms with Crippen molar-refractivity contribution in [3.63, 3.8) is 0 Å². The van der Waals surface area contributed by atoms with Gasteiger partial charge in [-0.2, -0.15) is 0 Å². The molecule has 2 nitrogen and oxygen atoms in total. The maximum Gasteiger partial charge on any atom is 0.338 e. The fraction of sp³-hybridized carbons (Fsp3) is 0.500. The summed E-state index contributed by atoms with van der Waals surface area (Å²) in [6.07, 6.45) is 2.03. The summed E-state index contributed by atoms with van der Waals surface area (Å²) < 4.78 is 4.87. The largest absolute Gasteiger partial charge is 0.465 e. The lowest BCUT2D eigenvalue weighted by atomic mass is 9.90. The number of carbonyl (C=O) groups excluding carboxylic acids is 1. The van der Waals surface area contributed by atoms with Gasteiger partial charge in [0.15, 0.2) is 0 Å². The van der Waals surface area contributed by atoms with E-state index in [2.05, 4.69) is 27.7 Å². The molecule has 1 aromatic carbocycles. The highest BCUT2D eigenvalue weighted by molar-refractivity contribution is 7.98. The van der Waals surface area contributed by atoms with Gasteiger partial charge in [-0.1, -0.05) is 13.8 Å². The molecule has 17 heavy (non-hydrogen) atoms. The first kappa shape index (κ1) is 14.1. The van der Waals surface area contributed by atoms with Crippen LogP contribution < -0.4 is 0 Å². The Morgan fingerprint density at radius 3 is 2.29 bits per heavy atom. The third-order valence-corrected chi connectivity index (χ3v) is 3.97. The molecular weight excluding hydrogens is 232 g/mol. The van der Waals surface area contributed by atoms with Gasteiger partial charge in [-0.05, 0) is 48.8 Å². The number of hydrogen-bond donors (Lipinski definition) is 0. The van der Waals surface area contributed by atoms with Gasteiger partial charge in [-0.15, -0.1) is 11.8 Å². The Bertz CT molecular complexity index is 436. The summed E-state index contributed by atoms with van der Waals surface area (Å²) in [5, 5.41) is 0. The fourth-order valence-corrected chi connectivity index (χ4v) is 2.84. The minimum Gasteiger partial charge on any atom is -0.465 e. The number of thioether (sulfide) groups is 1. The minimum atomic E-state index is -0.243. The minimum absolute atomic E-state index is 0.243. The van der Waals surface area contributed by atoms with Gasteiger partial charge in [0.1, 0.15) is 0 Å². The van der Waals surface area contributed by atoms with Gasteiger partial charge in [-0.25, -0.2) is 4.79 Å². The van der Waals surface area contributed by atoms with Crippen LogP contribution in [0.3, 0.4) is 0 Å². The summed E-state index contributed by atoms with van der Waals surface area (Å²) in [4.78, 5) is 13.0. The Labute approximate surface area is 108 Å². The molecule has 0 unspecified atom stereocenters. The SMILES string of the molecule is COC(=O)c1cc(SC)c(C)c(C)c1C(C)C. The average molecular weight is 252 g/mol. The normalized spacial score (nSPS) is 10.8. The Morgan fingerprint density at radius 1 is 1.29 bits per heavy atom. The number of esters is 1. The van der Waals surface area contributed by atoms with Crippen molar-refractivity contribution in [3.05, 3.63) is 28.3 Å². The summed E-state index contributed by atoms with van der Waals surface area (Å²) in [5.41, 5.74) is 4.27. The van der Waals surface area contributed by atoms with E-state index in [1.54, 1.807) is 11.8 Å². The third-order valence-electron chi connectivity index (χ3n) is 3.10. The molecule has 0 amide bonds. The van der Waals surface area contributed by atoms with Crippen molar-refractivity contribution in [3.8, 4) is 0 Å². The summed E-state index contributed by atoms with van der Waals surface area (Å²) >= 11 is 1.66. The lowest BCUT2D eigenvalue weighted by Crippen LogP contribution is -2.10. The van der Waals surface area contributed by atoms with E-state index in [4.69, 9.17) is 4.74 Å². The molecule has 1 aromatic rings. The van der Waals surface area contributed by atoms with Crippen LogP contribution in [0.25, 0.3) is 0 Å². The van der Waals surface area contributed by atoms with Crippen molar-refractivity contribution < 1.29 is 9.53 Å². The molecule has 0 saturated heterocycles. The molecule has 0 aliphatic heterocycles. The molecule has 0 aromatic heterocycles. The number of carbonyl (C=O) groups is 1. The zero-order valence-electron chi connectivity index (χ0n) is 11.4. The molecule has 0 fully saturated rings. The van der Waals surface area contributed by atoms with Gasteiger partial charge in [0.05, 0.1) is 12.7 Å². The monoisotopic (exact) mass is 252 g/mol. The predicted molar refractivity (Wildman–Crippen MR) is 73.1 cm³/mol. The van der Waals surface area contributed by atoms with Crippen LogP contribution in [-0.4, -0.2) is 19.3 Å². The molecule has 0 aliphatic carbocycles. The zero-order valence-corrected chi connectivity index (χ0v) is 12.2. The van der Waals surface area contributed by atoms with Gasteiger partial charge < -0.3 is 4.74 Å². The van der Waals surface area contributed by atoms with Crippen LogP contribution >= 0.6 is 11.8 Å². The Balaban J connectivity index is 3.55. The van der Waals surface area contributed by atoms with Gasteiger partial charge in [0.25, 0.3) is 0 Å². The van der Waals surface area contributed by atoms with E-state index in [-0.39, 0.29) is 5.97 Å². The summed E-state index contributed by atoms with van der Waals surface area (Å²) in [5.74, 6) is 0.0748. The van der Waals surface area contributed by atoms with Crippen LogP contribution in [0.4, 0.5) is 0 Å². The highest BCUT2D eigenvalue weighted by Crippen LogP contribution is 2.32. The summed E-state index contributed by atoms with van der Waals surface area (Å²) in [7, 11) is 1.43. The molecule has 0 aliphatic rings. The molecule has 94 valence electrons. The van der Waals surface area contributed by atoms with E-state index < -0.39 is 0 Å². The highest BCUT2D eigenvalue weighted by atomic mass is 32.2. The molecule has 0 atom stereocenters. The van der Waals surface area contributed by atoms with E-state index in [1.807, 2.05) is 12.3 Å². The van der Waals surface area contributed by atoms with Crippen LogP contribution in [0.15, 0.2) is 11.0 Å². The maximum absolute atomic E-state index is 11.8. The van der Waals surface area contributed by atoms with Crippen LogP contribution in [0.2, 0.25) is 0 Å². The van der Waals surface area contributed by atoms with Crippen molar-refractivity contribution in [2.24, 2.45) is 0 Å². The zero-order chi connectivity index (χ0) is 13.2. The maximum atomic E-state index is 11.8. The van der Waals surface area contributed by atoms with E-state index in [9.17, 15) is 4.79 Å². The molecule has 1 rings (SSSR count). The molecule has 0 saturated carbocycles. The number of ether oxygens (including phenoxy) is 1. The van der Waals surface area contributed by atoms with Gasteiger partial charge >= 0.3 is 5.97 Å². The number of rotatable bonds is 3. The van der Waals surface area contributed by atoms with Crippen molar-refractivity contribution in [2.75, 3.05) is 13.4 Å². The van der Waals surface area contributed by atoms with Crippen molar-refractivity contribution in [2.45, 2.75) is 38.5 Å². The van der Waals surface area contributed by atoms with Crippen molar-refractivity contribution in [1.29, 1.82) is 0 Å². The highest BCUT2D eigenvalue weighted by Gasteiger charge is 2.19. The first-order chi connectivity index (χ1) is 7.93. The Kier molecular flexibility index (Phi) is 4.63. The standard InChI is InChI=1S/C14H20O2S/c1-8(2)13-10(4)9(3)12(17-6)7-11(13)14(15)16-5/h7-8H,1-6H3. The summed E-state index contributed by atoms with van der Waals surface area (Å²) in [6, 6.07) is 1.95. The van der Waals surface area contributed by atoms with Gasteiger partial charge in [-0.3, -0.25) is 0 Å². The lowest BCUT2D eigenvalue weighted by Gasteiger charge is -2.19. The van der Waals surface area contributed by atoms with E-state index >= 15 is 0 Å². The molecule has 3 heteroatoms. The number of benzene rings is 1. The molecular formula is C14H20O2S. The van der Waals surface area contributed by atoms with Crippen LogP contribution in [-0.2, 0) is 4.74 Å². The first-order valence-corrected chi connectivity index (χ1v) is 6.92. The molecule has 0 radical (unpaired) electrons.